The summed E-state index contributed by atoms with van der Waals surface area (Å²) < 4.78 is 35.8. The van der Waals surface area contributed by atoms with Crippen LogP contribution < -0.4 is 5.32 Å². The van der Waals surface area contributed by atoms with E-state index in [9.17, 15) is 18.0 Å². The van der Waals surface area contributed by atoms with Crippen molar-refractivity contribution in [2.75, 3.05) is 5.32 Å². The monoisotopic (exact) mass is 229 g/mol. The molecule has 0 saturated heterocycles. The van der Waals surface area contributed by atoms with E-state index in [2.05, 4.69) is 5.32 Å². The Labute approximate surface area is 90.8 Å². The second-order valence-corrected chi connectivity index (χ2v) is 3.18. The van der Waals surface area contributed by atoms with Gasteiger partial charge in [0, 0.05) is 17.5 Å². The summed E-state index contributed by atoms with van der Waals surface area (Å²) in [7, 11) is 0. The molecule has 5 heteroatoms. The topological polar surface area (TPSA) is 29.1 Å². The number of ketones is 1. The summed E-state index contributed by atoms with van der Waals surface area (Å²) in [6.45, 7) is 1.40. The Morgan fingerprint density at radius 2 is 1.81 bits per heavy atom. The van der Waals surface area contributed by atoms with Crippen LogP contribution in [-0.2, 0) is 4.79 Å². The van der Waals surface area contributed by atoms with E-state index in [-0.39, 0.29) is 5.70 Å². The van der Waals surface area contributed by atoms with E-state index in [0.29, 0.717) is 11.8 Å². The molecule has 0 amide bonds. The molecule has 0 aliphatic heterocycles. The molecule has 86 valence electrons. The minimum atomic E-state index is -4.82. The standard InChI is InChI=1S/C11H10F3NO/c1-8(7-10(16)11(12,13)14)15-9-5-3-2-4-6-9/h2-7,15H,1H3. The largest absolute Gasteiger partial charge is 0.454 e. The fourth-order valence-electron chi connectivity index (χ4n) is 1.06. The highest BCUT2D eigenvalue weighted by atomic mass is 19.4. The van der Waals surface area contributed by atoms with Gasteiger partial charge >= 0.3 is 6.18 Å². The van der Waals surface area contributed by atoms with E-state index in [4.69, 9.17) is 0 Å². The molecule has 0 radical (unpaired) electrons. The Morgan fingerprint density at radius 1 is 1.25 bits per heavy atom. The first-order valence-electron chi connectivity index (χ1n) is 4.51. The van der Waals surface area contributed by atoms with Gasteiger partial charge in [-0.2, -0.15) is 13.2 Å². The number of carbonyl (C=O) groups excluding carboxylic acids is 1. The van der Waals surface area contributed by atoms with Crippen molar-refractivity contribution in [3.63, 3.8) is 0 Å². The summed E-state index contributed by atoms with van der Waals surface area (Å²) in [4.78, 5) is 10.6. The van der Waals surface area contributed by atoms with E-state index in [1.165, 1.54) is 6.92 Å². The summed E-state index contributed by atoms with van der Waals surface area (Å²) in [5.41, 5.74) is 0.778. The van der Waals surface area contributed by atoms with Gasteiger partial charge in [-0.05, 0) is 19.1 Å². The maximum Gasteiger partial charge on any atom is 0.454 e. The lowest BCUT2D eigenvalue weighted by Gasteiger charge is -2.06. The number of allylic oxidation sites excluding steroid dienone is 2. The van der Waals surface area contributed by atoms with Gasteiger partial charge in [0.05, 0.1) is 0 Å². The number of alkyl halides is 3. The van der Waals surface area contributed by atoms with Crippen molar-refractivity contribution in [2.24, 2.45) is 0 Å². The van der Waals surface area contributed by atoms with Crippen molar-refractivity contribution < 1.29 is 18.0 Å². The van der Waals surface area contributed by atoms with Gasteiger partial charge in [-0.3, -0.25) is 4.79 Å². The van der Waals surface area contributed by atoms with Crippen molar-refractivity contribution in [3.8, 4) is 0 Å². The normalized spacial score (nSPS) is 12.4. The van der Waals surface area contributed by atoms with Gasteiger partial charge in [0.2, 0.25) is 0 Å². The molecule has 0 aromatic heterocycles. The van der Waals surface area contributed by atoms with Gasteiger partial charge in [-0.25, -0.2) is 0 Å². The Bertz CT molecular complexity index is 395. The third-order valence-corrected chi connectivity index (χ3v) is 1.74. The van der Waals surface area contributed by atoms with Gasteiger partial charge in [0.25, 0.3) is 5.78 Å². The maximum absolute atomic E-state index is 11.9. The van der Waals surface area contributed by atoms with E-state index >= 15 is 0 Å². The van der Waals surface area contributed by atoms with E-state index in [1.54, 1.807) is 30.3 Å². The molecule has 1 aromatic rings. The molecule has 0 bridgehead atoms. The molecule has 2 nitrogen and oxygen atoms in total. The molecule has 16 heavy (non-hydrogen) atoms. The molecule has 0 aliphatic carbocycles. The van der Waals surface area contributed by atoms with Crippen LogP contribution >= 0.6 is 0 Å². The summed E-state index contributed by atoms with van der Waals surface area (Å²) in [6, 6.07) is 8.64. The summed E-state index contributed by atoms with van der Waals surface area (Å²) in [6.07, 6.45) is -4.29. The number of nitrogens with one attached hydrogen (secondary N) is 1. The third-order valence-electron chi connectivity index (χ3n) is 1.74. The first-order chi connectivity index (χ1) is 7.39. The Hall–Kier alpha value is -1.78. The van der Waals surface area contributed by atoms with Crippen molar-refractivity contribution in [1.29, 1.82) is 0 Å². The van der Waals surface area contributed by atoms with E-state index in [0.717, 1.165) is 0 Å². The van der Waals surface area contributed by atoms with Crippen LogP contribution in [0.3, 0.4) is 0 Å². The lowest BCUT2D eigenvalue weighted by atomic mass is 10.2. The van der Waals surface area contributed by atoms with Crippen LogP contribution in [-0.4, -0.2) is 12.0 Å². The lowest BCUT2D eigenvalue weighted by Crippen LogP contribution is -2.21. The van der Waals surface area contributed by atoms with Gasteiger partial charge in [-0.15, -0.1) is 0 Å². The number of halogens is 3. The number of hydrogen-bond donors (Lipinski definition) is 1. The molecular weight excluding hydrogens is 219 g/mol. The molecule has 1 aromatic carbocycles. The molecular formula is C11H10F3NO. The van der Waals surface area contributed by atoms with Gasteiger partial charge in [0.15, 0.2) is 0 Å². The number of hydrogen-bond acceptors (Lipinski definition) is 2. The average molecular weight is 229 g/mol. The molecule has 0 saturated carbocycles. The average Bonchev–Trinajstić information content (AvgIpc) is 2.17. The van der Waals surface area contributed by atoms with Crippen LogP contribution in [0.5, 0.6) is 0 Å². The van der Waals surface area contributed by atoms with Gasteiger partial charge in [0.1, 0.15) is 0 Å². The van der Waals surface area contributed by atoms with Crippen molar-refractivity contribution in [2.45, 2.75) is 13.1 Å². The highest BCUT2D eigenvalue weighted by Crippen LogP contribution is 2.18. The van der Waals surface area contributed by atoms with Crippen LogP contribution in [0, 0.1) is 0 Å². The van der Waals surface area contributed by atoms with E-state index < -0.39 is 12.0 Å². The van der Waals surface area contributed by atoms with Crippen LogP contribution in [0.2, 0.25) is 0 Å². The number of anilines is 1. The van der Waals surface area contributed by atoms with Crippen molar-refractivity contribution in [1.82, 2.24) is 0 Å². The number of benzene rings is 1. The molecule has 1 N–H and O–H groups in total. The molecule has 0 unspecified atom stereocenters. The Morgan fingerprint density at radius 3 is 2.31 bits per heavy atom. The van der Waals surface area contributed by atoms with E-state index in [1.807, 2.05) is 0 Å². The predicted molar refractivity (Wildman–Crippen MR) is 54.9 cm³/mol. The van der Waals surface area contributed by atoms with Gasteiger partial charge in [-0.1, -0.05) is 18.2 Å². The van der Waals surface area contributed by atoms with Crippen LogP contribution in [0.25, 0.3) is 0 Å². The van der Waals surface area contributed by atoms with Crippen LogP contribution in [0.15, 0.2) is 42.1 Å². The first-order valence-corrected chi connectivity index (χ1v) is 4.51. The summed E-state index contributed by atoms with van der Waals surface area (Å²) in [5, 5.41) is 2.69. The van der Waals surface area contributed by atoms with Crippen LogP contribution in [0.4, 0.5) is 18.9 Å². The second kappa shape index (κ2) is 4.83. The molecule has 0 spiro atoms. The fourth-order valence-corrected chi connectivity index (χ4v) is 1.06. The minimum Gasteiger partial charge on any atom is -0.359 e. The third kappa shape index (κ3) is 3.76. The lowest BCUT2D eigenvalue weighted by molar-refractivity contribution is -0.165. The molecule has 0 aliphatic rings. The number of para-hydroxylation sites is 1. The molecule has 0 atom stereocenters. The highest BCUT2D eigenvalue weighted by Gasteiger charge is 2.36. The van der Waals surface area contributed by atoms with Crippen LogP contribution in [0.1, 0.15) is 6.92 Å². The zero-order valence-corrected chi connectivity index (χ0v) is 8.51. The van der Waals surface area contributed by atoms with Gasteiger partial charge < -0.3 is 5.32 Å². The Balaban J connectivity index is 2.70. The number of rotatable bonds is 3. The fraction of sp³-hybridized carbons (Fsp3) is 0.182. The smallest absolute Gasteiger partial charge is 0.359 e. The number of carbonyl (C=O) groups is 1. The maximum atomic E-state index is 11.9. The zero-order chi connectivity index (χ0) is 12.2. The zero-order valence-electron chi connectivity index (χ0n) is 8.51. The predicted octanol–water partition coefficient (Wildman–Crippen LogP) is 3.13. The SMILES string of the molecule is CC(=CC(=O)C(F)(F)F)Nc1ccccc1. The Kier molecular flexibility index (Phi) is 3.71. The molecule has 1 rings (SSSR count). The summed E-state index contributed by atoms with van der Waals surface area (Å²) in [5.74, 6) is -1.87. The molecule has 0 fully saturated rings. The second-order valence-electron chi connectivity index (χ2n) is 3.18. The molecule has 0 heterocycles. The quantitative estimate of drug-likeness (QED) is 0.807. The highest BCUT2D eigenvalue weighted by molar-refractivity contribution is 5.95. The summed E-state index contributed by atoms with van der Waals surface area (Å²) >= 11 is 0. The van der Waals surface area contributed by atoms with Crippen molar-refractivity contribution >= 4 is 11.5 Å². The van der Waals surface area contributed by atoms with Crippen molar-refractivity contribution in [3.05, 3.63) is 42.1 Å². The minimum absolute atomic E-state index is 0.147. The first kappa shape index (κ1) is 12.3.